The van der Waals surface area contributed by atoms with E-state index in [1.165, 1.54) is 0 Å². The first-order valence-corrected chi connectivity index (χ1v) is 9.02. The molecule has 1 atom stereocenters. The van der Waals surface area contributed by atoms with Gasteiger partial charge in [0.1, 0.15) is 6.10 Å². The zero-order valence-electron chi connectivity index (χ0n) is 16.1. The van der Waals surface area contributed by atoms with Crippen LogP contribution in [-0.4, -0.2) is 75.9 Å². The van der Waals surface area contributed by atoms with Gasteiger partial charge in [0.15, 0.2) is 0 Å². The minimum absolute atomic E-state index is 0.551. The molecule has 8 heteroatoms. The molecule has 0 saturated heterocycles. The van der Waals surface area contributed by atoms with Crippen molar-refractivity contribution in [3.8, 4) is 0 Å². The van der Waals surface area contributed by atoms with Crippen molar-refractivity contribution in [2.45, 2.75) is 32.2 Å². The first kappa shape index (κ1) is 18.8. The van der Waals surface area contributed by atoms with Crippen molar-refractivity contribution in [3.05, 3.63) is 35.4 Å². The third-order valence-corrected chi connectivity index (χ3v) is 4.49. The van der Waals surface area contributed by atoms with Crippen LogP contribution in [0.5, 0.6) is 0 Å². The number of nitrogens with zero attached hydrogens (tertiary/aromatic N) is 7. The Morgan fingerprint density at radius 3 is 2.54 bits per heavy atom. The maximum Gasteiger partial charge on any atom is 0.224 e. The van der Waals surface area contributed by atoms with Crippen LogP contribution < -0.4 is 4.90 Å². The second-order valence-electron chi connectivity index (χ2n) is 7.41. The van der Waals surface area contributed by atoms with Gasteiger partial charge in [-0.2, -0.15) is 5.10 Å². The third kappa shape index (κ3) is 4.57. The fraction of sp³-hybridized carbons (Fsp3) is 0.611. The number of rotatable bonds is 6. The summed E-state index contributed by atoms with van der Waals surface area (Å²) in [5.74, 6) is 0.724. The molecular weight excluding hydrogens is 330 g/mol. The van der Waals surface area contributed by atoms with Gasteiger partial charge in [0, 0.05) is 64.8 Å². The molecular formula is C18H29N7O. The summed E-state index contributed by atoms with van der Waals surface area (Å²) in [6.45, 7) is 4.10. The molecule has 0 aromatic carbocycles. The standard InChI is InChI=1S/C18H29N7O/c1-22(2)13-17(26)16-8-15-12-24(6-5-7-25(15)21-16)11-14-9-19-18(20-10-14)23(3)4/h8-10,17,26H,5-7,11-13H2,1-4H3. The minimum atomic E-state index is -0.551. The fourth-order valence-electron chi connectivity index (χ4n) is 3.21. The number of aliphatic hydroxyl groups excluding tert-OH is 1. The predicted octanol–water partition coefficient (Wildman–Crippen LogP) is 0.740. The second-order valence-corrected chi connectivity index (χ2v) is 7.41. The normalized spacial score (nSPS) is 16.4. The van der Waals surface area contributed by atoms with Gasteiger partial charge in [-0.3, -0.25) is 9.58 Å². The number of likely N-dealkylation sites (N-methyl/N-ethyl adjacent to an activating group) is 1. The third-order valence-electron chi connectivity index (χ3n) is 4.49. The first-order valence-electron chi connectivity index (χ1n) is 9.02. The SMILES string of the molecule is CN(C)CC(O)c1cc2n(n1)CCCN(Cc1cnc(N(C)C)nc1)C2. The molecule has 0 spiro atoms. The van der Waals surface area contributed by atoms with Crippen LogP contribution in [0.1, 0.15) is 29.5 Å². The van der Waals surface area contributed by atoms with E-state index in [1.54, 1.807) is 0 Å². The summed E-state index contributed by atoms with van der Waals surface area (Å²) < 4.78 is 2.04. The topological polar surface area (TPSA) is 73.6 Å². The molecule has 3 heterocycles. The van der Waals surface area contributed by atoms with Crippen LogP contribution in [0.15, 0.2) is 18.5 Å². The average molecular weight is 359 g/mol. The molecule has 0 radical (unpaired) electrons. The van der Waals surface area contributed by atoms with E-state index in [0.717, 1.165) is 55.5 Å². The first-order chi connectivity index (χ1) is 12.4. The van der Waals surface area contributed by atoms with Crippen molar-refractivity contribution in [1.29, 1.82) is 0 Å². The van der Waals surface area contributed by atoms with E-state index in [-0.39, 0.29) is 0 Å². The van der Waals surface area contributed by atoms with Gasteiger partial charge in [-0.15, -0.1) is 0 Å². The van der Waals surface area contributed by atoms with E-state index < -0.39 is 6.10 Å². The Morgan fingerprint density at radius 2 is 1.88 bits per heavy atom. The summed E-state index contributed by atoms with van der Waals surface area (Å²) in [5.41, 5.74) is 3.02. The van der Waals surface area contributed by atoms with E-state index >= 15 is 0 Å². The molecule has 1 N–H and O–H groups in total. The number of fused-ring (bicyclic) bond motifs is 1. The monoisotopic (exact) mass is 359 g/mol. The second kappa shape index (κ2) is 8.11. The fourth-order valence-corrected chi connectivity index (χ4v) is 3.21. The molecule has 0 amide bonds. The molecule has 2 aromatic rings. The molecule has 1 aliphatic rings. The number of hydrogen-bond donors (Lipinski definition) is 1. The molecule has 8 nitrogen and oxygen atoms in total. The van der Waals surface area contributed by atoms with Crippen molar-refractivity contribution in [1.82, 2.24) is 29.5 Å². The van der Waals surface area contributed by atoms with Crippen molar-refractivity contribution in [2.75, 3.05) is 46.2 Å². The number of anilines is 1. The maximum absolute atomic E-state index is 10.3. The van der Waals surface area contributed by atoms with Crippen LogP contribution >= 0.6 is 0 Å². The van der Waals surface area contributed by atoms with Crippen LogP contribution in [0.25, 0.3) is 0 Å². The van der Waals surface area contributed by atoms with Crippen molar-refractivity contribution in [2.24, 2.45) is 0 Å². The highest BCUT2D eigenvalue weighted by atomic mass is 16.3. The van der Waals surface area contributed by atoms with Crippen molar-refractivity contribution in [3.63, 3.8) is 0 Å². The van der Waals surface area contributed by atoms with Crippen LogP contribution in [0.3, 0.4) is 0 Å². The van der Waals surface area contributed by atoms with Crippen LogP contribution in [0.2, 0.25) is 0 Å². The quantitative estimate of drug-likeness (QED) is 0.815. The minimum Gasteiger partial charge on any atom is -0.385 e. The van der Waals surface area contributed by atoms with Crippen LogP contribution in [0.4, 0.5) is 5.95 Å². The Morgan fingerprint density at radius 1 is 1.15 bits per heavy atom. The predicted molar refractivity (Wildman–Crippen MR) is 101 cm³/mol. The Kier molecular flexibility index (Phi) is 5.85. The lowest BCUT2D eigenvalue weighted by Gasteiger charge is -2.19. The van der Waals surface area contributed by atoms with Crippen LogP contribution in [0, 0.1) is 0 Å². The lowest BCUT2D eigenvalue weighted by atomic mass is 10.2. The van der Waals surface area contributed by atoms with E-state index in [2.05, 4.69) is 20.0 Å². The molecule has 0 fully saturated rings. The summed E-state index contributed by atoms with van der Waals surface area (Å²) in [4.78, 5) is 15.1. The summed E-state index contributed by atoms with van der Waals surface area (Å²) in [5, 5.41) is 15.0. The van der Waals surface area contributed by atoms with E-state index in [1.807, 2.05) is 61.1 Å². The highest BCUT2D eigenvalue weighted by Crippen LogP contribution is 2.20. The Bertz CT molecular complexity index is 711. The van der Waals surface area contributed by atoms with Gasteiger partial charge in [-0.05, 0) is 26.6 Å². The maximum atomic E-state index is 10.3. The molecule has 2 aromatic heterocycles. The molecule has 1 aliphatic heterocycles. The Hall–Kier alpha value is -2.03. The molecule has 0 bridgehead atoms. The largest absolute Gasteiger partial charge is 0.385 e. The molecule has 142 valence electrons. The number of aromatic nitrogens is 4. The van der Waals surface area contributed by atoms with Gasteiger partial charge in [-0.1, -0.05) is 0 Å². The lowest BCUT2D eigenvalue weighted by molar-refractivity contribution is 0.133. The molecule has 26 heavy (non-hydrogen) atoms. The summed E-state index contributed by atoms with van der Waals surface area (Å²) in [6, 6.07) is 2.04. The summed E-state index contributed by atoms with van der Waals surface area (Å²) in [7, 11) is 7.78. The van der Waals surface area contributed by atoms with Gasteiger partial charge in [0.25, 0.3) is 0 Å². The van der Waals surface area contributed by atoms with Gasteiger partial charge in [0.2, 0.25) is 5.95 Å². The van der Waals surface area contributed by atoms with Gasteiger partial charge in [0.05, 0.1) is 11.4 Å². The molecule has 0 saturated carbocycles. The molecule has 0 aliphatic carbocycles. The Labute approximate surface area is 155 Å². The lowest BCUT2D eigenvalue weighted by Crippen LogP contribution is -2.23. The Balaban J connectivity index is 1.68. The van der Waals surface area contributed by atoms with Gasteiger partial charge in [-0.25, -0.2) is 9.97 Å². The van der Waals surface area contributed by atoms with Crippen LogP contribution in [-0.2, 0) is 19.6 Å². The number of hydrogen-bond acceptors (Lipinski definition) is 7. The number of aryl methyl sites for hydroxylation is 1. The van der Waals surface area contributed by atoms with Gasteiger partial charge < -0.3 is 14.9 Å². The highest BCUT2D eigenvalue weighted by molar-refractivity contribution is 5.26. The smallest absolute Gasteiger partial charge is 0.224 e. The van der Waals surface area contributed by atoms with Crippen molar-refractivity contribution >= 4 is 5.95 Å². The highest BCUT2D eigenvalue weighted by Gasteiger charge is 2.20. The van der Waals surface area contributed by atoms with Crippen molar-refractivity contribution < 1.29 is 5.11 Å². The van der Waals surface area contributed by atoms with E-state index in [0.29, 0.717) is 6.54 Å². The molecule has 1 unspecified atom stereocenters. The summed E-state index contributed by atoms with van der Waals surface area (Å²) in [6.07, 6.45) is 4.28. The zero-order valence-corrected chi connectivity index (χ0v) is 16.1. The van der Waals surface area contributed by atoms with Gasteiger partial charge >= 0.3 is 0 Å². The van der Waals surface area contributed by atoms with E-state index in [9.17, 15) is 5.11 Å². The molecule has 3 rings (SSSR count). The van der Waals surface area contributed by atoms with E-state index in [4.69, 9.17) is 0 Å². The summed E-state index contributed by atoms with van der Waals surface area (Å²) >= 11 is 0. The zero-order chi connectivity index (χ0) is 18.7. The number of aliphatic hydroxyl groups is 1. The average Bonchev–Trinajstić information content (AvgIpc) is 2.88.